The molecule has 1 aromatic heterocycles. The standard InChI is InChI=1S/C16H23BO2S/c1-6-7-8-9-10-13-11-12-14(20-13)17-18-15(2,3)16(4,5)19-17/h11-12H,6-8H2,1-5H3. The van der Waals surface area contributed by atoms with Gasteiger partial charge in [-0.25, -0.2) is 0 Å². The Morgan fingerprint density at radius 2 is 1.80 bits per heavy atom. The van der Waals surface area contributed by atoms with E-state index in [0.717, 1.165) is 16.1 Å². The van der Waals surface area contributed by atoms with Crippen molar-refractivity contribution in [2.75, 3.05) is 0 Å². The molecule has 1 aliphatic rings. The molecule has 1 saturated heterocycles. The summed E-state index contributed by atoms with van der Waals surface area (Å²) >= 11 is 1.67. The number of rotatable bonds is 3. The van der Waals surface area contributed by atoms with Crippen LogP contribution in [0.4, 0.5) is 0 Å². The van der Waals surface area contributed by atoms with E-state index >= 15 is 0 Å². The van der Waals surface area contributed by atoms with E-state index in [1.165, 1.54) is 12.8 Å². The normalized spacial score (nSPS) is 19.8. The lowest BCUT2D eigenvalue weighted by molar-refractivity contribution is 0.00578. The molecule has 0 spiro atoms. The summed E-state index contributed by atoms with van der Waals surface area (Å²) in [6, 6.07) is 4.13. The van der Waals surface area contributed by atoms with Gasteiger partial charge in [0.1, 0.15) is 0 Å². The first-order chi connectivity index (χ1) is 9.36. The number of hydrogen-bond acceptors (Lipinski definition) is 3. The van der Waals surface area contributed by atoms with E-state index in [1.807, 2.05) is 0 Å². The fraction of sp³-hybridized carbons (Fsp3) is 0.625. The molecule has 20 heavy (non-hydrogen) atoms. The molecule has 0 unspecified atom stereocenters. The molecule has 4 heteroatoms. The summed E-state index contributed by atoms with van der Waals surface area (Å²) in [5.74, 6) is 6.44. The molecule has 0 saturated carbocycles. The van der Waals surface area contributed by atoms with Crippen molar-refractivity contribution in [3.8, 4) is 11.8 Å². The van der Waals surface area contributed by atoms with Crippen molar-refractivity contribution in [1.82, 2.24) is 0 Å². The molecule has 1 aromatic rings. The summed E-state index contributed by atoms with van der Waals surface area (Å²) in [5, 5.41) is 0. The molecule has 2 rings (SSSR count). The van der Waals surface area contributed by atoms with Crippen LogP contribution in [-0.2, 0) is 9.31 Å². The highest BCUT2D eigenvalue weighted by atomic mass is 32.1. The zero-order valence-electron chi connectivity index (χ0n) is 13.1. The molecule has 0 atom stereocenters. The van der Waals surface area contributed by atoms with E-state index in [2.05, 4.69) is 58.6 Å². The van der Waals surface area contributed by atoms with Crippen LogP contribution in [0.25, 0.3) is 0 Å². The summed E-state index contributed by atoms with van der Waals surface area (Å²) in [5.41, 5.74) is -0.566. The molecule has 2 heterocycles. The molecular weight excluding hydrogens is 267 g/mol. The van der Waals surface area contributed by atoms with Crippen molar-refractivity contribution in [3.63, 3.8) is 0 Å². The summed E-state index contributed by atoms with van der Waals surface area (Å²) in [6.07, 6.45) is 3.33. The summed E-state index contributed by atoms with van der Waals surface area (Å²) in [7, 11) is -0.267. The van der Waals surface area contributed by atoms with Gasteiger partial charge in [0.15, 0.2) is 0 Å². The highest BCUT2D eigenvalue weighted by Crippen LogP contribution is 2.36. The number of thiophene rings is 1. The van der Waals surface area contributed by atoms with Gasteiger partial charge in [0.25, 0.3) is 0 Å². The summed E-state index contributed by atoms with van der Waals surface area (Å²) < 4.78 is 13.2. The maximum absolute atomic E-state index is 6.05. The molecule has 0 aliphatic carbocycles. The lowest BCUT2D eigenvalue weighted by Crippen LogP contribution is -2.41. The van der Waals surface area contributed by atoms with Crippen LogP contribution < -0.4 is 4.78 Å². The highest BCUT2D eigenvalue weighted by molar-refractivity contribution is 7.22. The number of hydrogen-bond donors (Lipinski definition) is 0. The Labute approximate surface area is 127 Å². The average Bonchev–Trinajstić information content (AvgIpc) is 2.89. The molecule has 2 nitrogen and oxygen atoms in total. The monoisotopic (exact) mass is 290 g/mol. The van der Waals surface area contributed by atoms with Crippen molar-refractivity contribution in [2.24, 2.45) is 0 Å². The van der Waals surface area contributed by atoms with Crippen molar-refractivity contribution in [2.45, 2.75) is 65.1 Å². The Kier molecular flexibility index (Phi) is 4.64. The van der Waals surface area contributed by atoms with Gasteiger partial charge in [0, 0.05) is 11.2 Å². The van der Waals surface area contributed by atoms with Crippen LogP contribution in [-0.4, -0.2) is 18.3 Å². The van der Waals surface area contributed by atoms with E-state index in [4.69, 9.17) is 9.31 Å². The second kappa shape index (κ2) is 5.93. The van der Waals surface area contributed by atoms with Crippen LogP contribution in [0.2, 0.25) is 0 Å². The fourth-order valence-electron chi connectivity index (χ4n) is 1.92. The zero-order chi connectivity index (χ0) is 14.8. The Hall–Kier alpha value is -0.755. The van der Waals surface area contributed by atoms with Crippen LogP contribution in [0.3, 0.4) is 0 Å². The van der Waals surface area contributed by atoms with Crippen molar-refractivity contribution in [3.05, 3.63) is 17.0 Å². The molecule has 1 fully saturated rings. The van der Waals surface area contributed by atoms with Gasteiger partial charge in [-0.05, 0) is 40.2 Å². The van der Waals surface area contributed by atoms with E-state index in [0.29, 0.717) is 0 Å². The van der Waals surface area contributed by atoms with E-state index < -0.39 is 0 Å². The Bertz CT molecular complexity index is 506. The van der Waals surface area contributed by atoms with Crippen LogP contribution in [0.15, 0.2) is 12.1 Å². The first-order valence-electron chi connectivity index (χ1n) is 7.30. The SMILES string of the molecule is CCCCC#Cc1ccc(B2OC(C)(C)C(C)(C)O2)s1. The molecule has 0 N–H and O–H groups in total. The average molecular weight is 290 g/mol. The predicted molar refractivity (Wildman–Crippen MR) is 86.4 cm³/mol. The van der Waals surface area contributed by atoms with Gasteiger partial charge in [-0.15, -0.1) is 11.3 Å². The second-order valence-electron chi connectivity index (χ2n) is 6.20. The Balaban J connectivity index is 2.05. The van der Waals surface area contributed by atoms with Gasteiger partial charge >= 0.3 is 7.12 Å². The lowest BCUT2D eigenvalue weighted by Gasteiger charge is -2.32. The molecule has 0 aromatic carbocycles. The topological polar surface area (TPSA) is 18.5 Å². The lowest BCUT2D eigenvalue weighted by atomic mass is 9.88. The second-order valence-corrected chi connectivity index (χ2v) is 7.31. The van der Waals surface area contributed by atoms with Crippen LogP contribution in [0, 0.1) is 11.8 Å². The molecule has 0 bridgehead atoms. The van der Waals surface area contributed by atoms with Gasteiger partial charge < -0.3 is 9.31 Å². The van der Waals surface area contributed by atoms with Crippen LogP contribution in [0.1, 0.15) is 58.8 Å². The van der Waals surface area contributed by atoms with Gasteiger partial charge in [0.05, 0.1) is 16.1 Å². The Morgan fingerprint density at radius 3 is 2.40 bits per heavy atom. The van der Waals surface area contributed by atoms with Gasteiger partial charge in [0.2, 0.25) is 0 Å². The first kappa shape index (κ1) is 15.6. The molecule has 0 amide bonds. The third-order valence-electron chi connectivity index (χ3n) is 3.98. The summed E-state index contributed by atoms with van der Waals surface area (Å²) in [4.78, 5) is 1.09. The minimum absolute atomic E-state index is 0.267. The minimum atomic E-state index is -0.283. The maximum atomic E-state index is 6.05. The van der Waals surface area contributed by atoms with Crippen LogP contribution >= 0.6 is 11.3 Å². The van der Waals surface area contributed by atoms with Gasteiger partial charge in [-0.3, -0.25) is 0 Å². The largest absolute Gasteiger partial charge is 0.505 e. The highest BCUT2D eigenvalue weighted by Gasteiger charge is 2.52. The molecule has 0 radical (unpaired) electrons. The first-order valence-corrected chi connectivity index (χ1v) is 8.11. The minimum Gasteiger partial charge on any atom is -0.399 e. The van der Waals surface area contributed by atoms with Crippen molar-refractivity contribution >= 4 is 23.2 Å². The smallest absolute Gasteiger partial charge is 0.399 e. The van der Waals surface area contributed by atoms with Crippen molar-refractivity contribution < 1.29 is 9.31 Å². The number of unbranched alkanes of at least 4 members (excludes halogenated alkanes) is 2. The van der Waals surface area contributed by atoms with Crippen LogP contribution in [0.5, 0.6) is 0 Å². The summed E-state index contributed by atoms with van der Waals surface area (Å²) in [6.45, 7) is 10.5. The third-order valence-corrected chi connectivity index (χ3v) is 5.00. The fourth-order valence-corrected chi connectivity index (χ4v) is 2.76. The third kappa shape index (κ3) is 3.28. The van der Waals surface area contributed by atoms with E-state index in [1.54, 1.807) is 11.3 Å². The van der Waals surface area contributed by atoms with E-state index in [-0.39, 0.29) is 18.3 Å². The predicted octanol–water partition coefficient (Wildman–Crippen LogP) is 3.59. The molecule has 1 aliphatic heterocycles. The maximum Gasteiger partial charge on any atom is 0.505 e. The zero-order valence-corrected chi connectivity index (χ0v) is 13.9. The van der Waals surface area contributed by atoms with Crippen molar-refractivity contribution in [1.29, 1.82) is 0 Å². The van der Waals surface area contributed by atoms with Gasteiger partial charge in [-0.1, -0.05) is 31.3 Å². The molecular formula is C16H23BO2S. The van der Waals surface area contributed by atoms with Gasteiger partial charge in [-0.2, -0.15) is 0 Å². The Morgan fingerprint density at radius 1 is 1.15 bits per heavy atom. The molecule has 108 valence electrons. The van der Waals surface area contributed by atoms with E-state index in [9.17, 15) is 0 Å². The quantitative estimate of drug-likeness (QED) is 0.481.